The Hall–Kier alpha value is -4.62. The second-order valence-corrected chi connectivity index (χ2v) is 10.4. The fourth-order valence-electron chi connectivity index (χ4n) is 4.94. The van der Waals surface area contributed by atoms with Crippen molar-refractivity contribution in [3.05, 3.63) is 82.6 Å². The molecule has 0 bridgehead atoms. The van der Waals surface area contributed by atoms with E-state index in [1.54, 1.807) is 48.1 Å². The minimum absolute atomic E-state index is 0.177. The first kappa shape index (κ1) is 30.8. The van der Waals surface area contributed by atoms with E-state index in [2.05, 4.69) is 15.5 Å². The number of nitrogens with zero attached hydrogens (tertiary/aromatic N) is 5. The fraction of sp³-hybridized carbons (Fsp3) is 0.267. The van der Waals surface area contributed by atoms with E-state index < -0.39 is 30.2 Å². The van der Waals surface area contributed by atoms with Gasteiger partial charge in [-0.3, -0.25) is 18.8 Å². The van der Waals surface area contributed by atoms with Crippen LogP contribution in [0.5, 0.6) is 5.75 Å². The van der Waals surface area contributed by atoms with E-state index in [-0.39, 0.29) is 18.8 Å². The molecule has 0 radical (unpaired) electrons. The molecule has 14 heteroatoms. The van der Waals surface area contributed by atoms with Gasteiger partial charge in [-0.1, -0.05) is 17.7 Å². The maximum atomic E-state index is 13.9. The number of hydrogen-bond donors (Lipinski definition) is 1. The molecule has 2 aromatic carbocycles. The van der Waals surface area contributed by atoms with Gasteiger partial charge in [0.25, 0.3) is 18.3 Å². The zero-order chi connectivity index (χ0) is 31.5. The molecule has 3 aromatic heterocycles. The van der Waals surface area contributed by atoms with Gasteiger partial charge in [0.2, 0.25) is 5.91 Å². The van der Waals surface area contributed by atoms with E-state index in [0.717, 1.165) is 17.1 Å². The third kappa shape index (κ3) is 6.33. The van der Waals surface area contributed by atoms with E-state index in [1.807, 2.05) is 6.20 Å². The zero-order valence-corrected chi connectivity index (χ0v) is 24.6. The Morgan fingerprint density at radius 3 is 2.55 bits per heavy atom. The Bertz CT molecular complexity index is 1870. The first-order chi connectivity index (χ1) is 21.1. The molecule has 0 aliphatic heterocycles. The summed E-state index contributed by atoms with van der Waals surface area (Å²) in [6, 6.07) is 10.4. The van der Waals surface area contributed by atoms with Gasteiger partial charge in [0.1, 0.15) is 11.8 Å². The first-order valence-electron chi connectivity index (χ1n) is 13.4. The first-order valence-corrected chi connectivity index (χ1v) is 13.8. The Morgan fingerprint density at radius 2 is 1.82 bits per heavy atom. The van der Waals surface area contributed by atoms with Crippen molar-refractivity contribution in [3.8, 4) is 28.0 Å². The summed E-state index contributed by atoms with van der Waals surface area (Å²) in [5, 5.41) is 12.1. The van der Waals surface area contributed by atoms with Gasteiger partial charge >= 0.3 is 0 Å². The van der Waals surface area contributed by atoms with Crippen molar-refractivity contribution in [1.29, 1.82) is 0 Å². The molecule has 1 N–H and O–H groups in total. The van der Waals surface area contributed by atoms with Crippen molar-refractivity contribution in [2.24, 2.45) is 7.05 Å². The van der Waals surface area contributed by atoms with E-state index in [9.17, 15) is 22.8 Å². The molecule has 230 valence electrons. The van der Waals surface area contributed by atoms with Crippen molar-refractivity contribution >= 4 is 34.1 Å². The van der Waals surface area contributed by atoms with Gasteiger partial charge in [-0.15, -0.1) is 0 Å². The predicted octanol–water partition coefficient (Wildman–Crippen LogP) is 5.88. The monoisotopic (exact) mass is 628 g/mol. The normalized spacial score (nSPS) is 12.9. The highest BCUT2D eigenvalue weighted by Gasteiger charge is 2.26. The van der Waals surface area contributed by atoms with E-state index in [4.69, 9.17) is 21.1 Å². The summed E-state index contributed by atoms with van der Waals surface area (Å²) in [6.07, 6.45) is -0.0821. The molecular formula is C30H28ClF3N6O4. The lowest BCUT2D eigenvalue weighted by atomic mass is 9.96. The van der Waals surface area contributed by atoms with Gasteiger partial charge in [0.05, 0.1) is 25.0 Å². The molecule has 5 aromatic rings. The largest absolute Gasteiger partial charge is 0.495 e. The highest BCUT2D eigenvalue weighted by Crippen LogP contribution is 2.39. The Labute approximate surface area is 254 Å². The van der Waals surface area contributed by atoms with Crippen LogP contribution in [0.15, 0.2) is 72.0 Å². The molecule has 0 fully saturated rings. The summed E-state index contributed by atoms with van der Waals surface area (Å²) in [5.74, 6) is -0.221. The fourth-order valence-corrected chi connectivity index (χ4v) is 5.11. The summed E-state index contributed by atoms with van der Waals surface area (Å²) >= 11 is 6.31. The van der Waals surface area contributed by atoms with Gasteiger partial charge in [-0.05, 0) is 41.5 Å². The van der Waals surface area contributed by atoms with E-state index in [1.165, 1.54) is 37.2 Å². The number of anilines is 1. The van der Waals surface area contributed by atoms with Crippen LogP contribution in [0.3, 0.4) is 0 Å². The van der Waals surface area contributed by atoms with E-state index in [0.29, 0.717) is 37.6 Å². The van der Waals surface area contributed by atoms with Crippen LogP contribution in [0, 0.1) is 0 Å². The van der Waals surface area contributed by atoms with Crippen LogP contribution in [0.2, 0.25) is 5.02 Å². The summed E-state index contributed by atoms with van der Waals surface area (Å²) in [4.78, 5) is 27.2. The summed E-state index contributed by atoms with van der Waals surface area (Å²) in [7, 11) is 4.70. The van der Waals surface area contributed by atoms with Crippen LogP contribution in [0.25, 0.3) is 33.2 Å². The number of fused-ring (bicyclic) bond motifs is 1. The Kier molecular flexibility index (Phi) is 9.06. The maximum Gasteiger partial charge on any atom is 0.289 e. The highest BCUT2D eigenvalue weighted by atomic mass is 35.5. The lowest BCUT2D eigenvalue weighted by molar-refractivity contribution is -0.119. The number of halogens is 4. The molecule has 2 unspecified atom stereocenters. The minimum atomic E-state index is -3.26. The average Bonchev–Trinajstić information content (AvgIpc) is 3.63. The van der Waals surface area contributed by atoms with Gasteiger partial charge in [-0.25, -0.2) is 17.9 Å². The second kappa shape index (κ2) is 12.9. The number of rotatable bonds is 11. The number of benzene rings is 2. The molecule has 0 saturated carbocycles. The van der Waals surface area contributed by atoms with Gasteiger partial charge < -0.3 is 14.8 Å². The van der Waals surface area contributed by atoms with E-state index >= 15 is 0 Å². The lowest BCUT2D eigenvalue weighted by Crippen LogP contribution is -2.34. The Balaban J connectivity index is 1.53. The van der Waals surface area contributed by atoms with Crippen LogP contribution in [-0.4, -0.2) is 57.3 Å². The second-order valence-electron chi connectivity index (χ2n) is 9.97. The lowest BCUT2D eigenvalue weighted by Gasteiger charge is -2.21. The molecule has 44 heavy (non-hydrogen) atoms. The number of methoxy groups -OCH3 is 2. The number of hydrogen-bond acceptors (Lipinski definition) is 6. The number of nitrogens with one attached hydrogen (secondary N) is 1. The van der Waals surface area contributed by atoms with Crippen molar-refractivity contribution in [2.45, 2.75) is 25.2 Å². The molecule has 5 rings (SSSR count). The molecule has 0 aliphatic rings. The van der Waals surface area contributed by atoms with Gasteiger partial charge in [-0.2, -0.15) is 10.2 Å². The average molecular weight is 629 g/mol. The molecule has 0 spiro atoms. The maximum absolute atomic E-state index is 13.9. The molecule has 0 aliphatic carbocycles. The topological polar surface area (TPSA) is 105 Å². The van der Waals surface area contributed by atoms with Crippen molar-refractivity contribution in [2.75, 3.05) is 26.1 Å². The van der Waals surface area contributed by atoms with Gasteiger partial charge in [0.15, 0.2) is 0 Å². The van der Waals surface area contributed by atoms with Crippen molar-refractivity contribution in [1.82, 2.24) is 24.1 Å². The molecule has 0 saturated heterocycles. The summed E-state index contributed by atoms with van der Waals surface area (Å²) in [6.45, 7) is 0.187. The van der Waals surface area contributed by atoms with Crippen molar-refractivity contribution in [3.63, 3.8) is 0 Å². The number of carbonyl (C=O) groups is 1. The van der Waals surface area contributed by atoms with Crippen LogP contribution in [0.1, 0.15) is 18.8 Å². The number of aryl methyl sites for hydroxylation is 1. The minimum Gasteiger partial charge on any atom is -0.495 e. The molecule has 10 nitrogen and oxygen atoms in total. The molecular weight excluding hydrogens is 601 g/mol. The summed E-state index contributed by atoms with van der Waals surface area (Å²) < 4.78 is 54.2. The molecule has 3 heterocycles. The Morgan fingerprint density at radius 1 is 1.02 bits per heavy atom. The standard InChI is InChI=1S/C30H28ClF3N6O4/c1-38-14-17-10-20(5-7-24(17)37-38)36-30(42)25(8-9-43-2)39-16-26(44-3)23(12-27(39)41)22-11-19(31)4-6-21(22)18-13-35-40(15-18)29(34)28(32)33/h4-7,10-16,25,28-29H,8-9H2,1-3H3,(H,36,42). The van der Waals surface area contributed by atoms with Crippen LogP contribution in [-0.2, 0) is 16.6 Å². The quantitative estimate of drug-likeness (QED) is 0.196. The highest BCUT2D eigenvalue weighted by molar-refractivity contribution is 6.31. The van der Waals surface area contributed by atoms with Crippen LogP contribution in [0.4, 0.5) is 18.9 Å². The number of carbonyl (C=O) groups excluding carboxylic acids is 1. The number of aromatic nitrogens is 5. The zero-order valence-electron chi connectivity index (χ0n) is 23.9. The summed E-state index contributed by atoms with van der Waals surface area (Å²) in [5.41, 5.74) is 2.25. The smallest absolute Gasteiger partial charge is 0.289 e. The number of alkyl halides is 3. The number of amides is 1. The number of pyridine rings is 1. The van der Waals surface area contributed by atoms with Crippen molar-refractivity contribution < 1.29 is 27.4 Å². The molecule has 2 atom stereocenters. The number of ether oxygens (including phenoxy) is 2. The van der Waals surface area contributed by atoms with Crippen LogP contribution >= 0.6 is 11.6 Å². The third-order valence-electron chi connectivity index (χ3n) is 7.03. The SMILES string of the molecule is COCCC(C(=O)Nc1ccc2nn(C)cc2c1)n1cc(OC)c(-c2cc(Cl)ccc2-c2cnn(C(F)C(F)F)c2)cc1=O. The predicted molar refractivity (Wildman–Crippen MR) is 160 cm³/mol. The van der Waals surface area contributed by atoms with Crippen LogP contribution < -0.4 is 15.6 Å². The molecule has 1 amide bonds. The third-order valence-corrected chi connectivity index (χ3v) is 7.26. The van der Waals surface area contributed by atoms with Gasteiger partial charge in [0, 0.05) is 72.9 Å².